The lowest BCUT2D eigenvalue weighted by Gasteiger charge is -2.40. The molecule has 43 heavy (non-hydrogen) atoms. The fraction of sp³-hybridized carbons (Fsp3) is 0.357. The molecule has 2 aliphatic rings. The lowest BCUT2D eigenvalue weighted by Crippen LogP contribution is -2.54. The first kappa shape index (κ1) is 28.5. The number of carbonyl (C=O) groups excluding carboxylic acids is 1. The van der Waals surface area contributed by atoms with Gasteiger partial charge in [-0.1, -0.05) is 13.0 Å². The fourth-order valence-electron chi connectivity index (χ4n) is 5.75. The second-order valence-electron chi connectivity index (χ2n) is 10.9. The molecule has 0 radical (unpaired) electrons. The van der Waals surface area contributed by atoms with Crippen molar-refractivity contribution in [3.8, 4) is 17.1 Å². The lowest BCUT2D eigenvalue weighted by atomic mass is 9.82. The van der Waals surface area contributed by atoms with Gasteiger partial charge in [-0.3, -0.25) is 9.78 Å². The molecule has 2 fully saturated rings. The van der Waals surface area contributed by atoms with Gasteiger partial charge in [0.1, 0.15) is 17.2 Å². The maximum atomic E-state index is 15.8. The van der Waals surface area contributed by atoms with Crippen molar-refractivity contribution in [1.29, 1.82) is 0 Å². The molecule has 0 aromatic carbocycles. The van der Waals surface area contributed by atoms with Gasteiger partial charge < -0.3 is 20.5 Å². The molecule has 13 nitrogen and oxygen atoms in total. The van der Waals surface area contributed by atoms with Crippen molar-refractivity contribution in [3.05, 3.63) is 59.3 Å². The number of nitrogens with zero attached hydrogens (tertiary/aromatic N) is 7. The molecule has 15 heteroatoms. The third-order valence-corrected chi connectivity index (χ3v) is 9.25. The molecule has 4 aromatic rings. The minimum atomic E-state index is -3.85. The van der Waals surface area contributed by atoms with Crippen LogP contribution in [0, 0.1) is 5.82 Å². The molecule has 6 rings (SSSR count). The Morgan fingerprint density at radius 1 is 1.23 bits per heavy atom. The van der Waals surface area contributed by atoms with E-state index in [1.807, 2.05) is 11.8 Å². The Labute approximate surface area is 246 Å². The van der Waals surface area contributed by atoms with Gasteiger partial charge in [0.2, 0.25) is 5.91 Å². The summed E-state index contributed by atoms with van der Waals surface area (Å²) < 4.78 is 43.1. The Morgan fingerprint density at radius 3 is 2.60 bits per heavy atom. The number of amides is 1. The molecule has 1 aliphatic heterocycles. The van der Waals surface area contributed by atoms with Gasteiger partial charge in [0.05, 0.1) is 28.0 Å². The van der Waals surface area contributed by atoms with E-state index in [2.05, 4.69) is 31.5 Å². The SMILES string of the molecule is C=CC(=O)N1CCN(c2nc(=O)n(-c3c(S(C)(=O)=O)ccnc3C3CCC3)c3nc(-c4[nH]cnc4N)c(F)cc23)[C@@H](C)C1. The maximum Gasteiger partial charge on any atom is 0.355 e. The standard InChI is InChI=1S/C28H30FN9O4S/c1-4-20(39)36-10-11-37(15(2)13-36)26-17-12-18(29)22(23-25(30)33-14-32-23)34-27(17)38(28(40)35-26)24-19(43(3,41)42)8-9-31-21(24)16-6-5-7-16/h4,8-9,12,14-16H,1,5-7,10-11,13,30H2,2-3H3,(H,32,33)/t15-/m0/s1. The number of H-pyrrole nitrogens is 1. The number of nitrogens with two attached hydrogens (primary N) is 1. The molecule has 224 valence electrons. The average Bonchev–Trinajstić information content (AvgIpc) is 3.36. The summed E-state index contributed by atoms with van der Waals surface area (Å²) in [5.74, 6) is -0.878. The van der Waals surface area contributed by atoms with Crippen LogP contribution >= 0.6 is 0 Å². The van der Waals surface area contributed by atoms with Crippen LogP contribution in [0.1, 0.15) is 37.8 Å². The van der Waals surface area contributed by atoms with Crippen molar-refractivity contribution in [3.63, 3.8) is 0 Å². The van der Waals surface area contributed by atoms with Crippen molar-refractivity contribution < 1.29 is 17.6 Å². The number of carbonyl (C=O) groups is 1. The molecule has 1 saturated carbocycles. The maximum absolute atomic E-state index is 15.8. The minimum Gasteiger partial charge on any atom is -0.382 e. The molecule has 1 saturated heterocycles. The Bertz CT molecular complexity index is 1950. The topological polar surface area (TPSA) is 173 Å². The molecule has 3 N–H and O–H groups in total. The van der Waals surface area contributed by atoms with Crippen LogP contribution in [0.25, 0.3) is 28.1 Å². The first-order valence-corrected chi connectivity index (χ1v) is 15.7. The van der Waals surface area contributed by atoms with Gasteiger partial charge in [-0.15, -0.1) is 0 Å². The number of aromatic amines is 1. The summed E-state index contributed by atoms with van der Waals surface area (Å²) in [6.45, 7) is 6.37. The number of imidazole rings is 1. The van der Waals surface area contributed by atoms with E-state index in [9.17, 15) is 18.0 Å². The van der Waals surface area contributed by atoms with Crippen molar-refractivity contribution in [2.75, 3.05) is 36.5 Å². The number of piperazine rings is 1. The van der Waals surface area contributed by atoms with Crippen molar-refractivity contribution in [1.82, 2.24) is 34.4 Å². The second-order valence-corrected chi connectivity index (χ2v) is 12.9. The van der Waals surface area contributed by atoms with Crippen LogP contribution in [-0.4, -0.2) is 80.6 Å². The number of sulfone groups is 1. The number of rotatable bonds is 6. The zero-order valence-electron chi connectivity index (χ0n) is 23.6. The van der Waals surface area contributed by atoms with Crippen LogP contribution in [-0.2, 0) is 14.6 Å². The highest BCUT2D eigenvalue weighted by Crippen LogP contribution is 2.41. The molecule has 5 heterocycles. The molecule has 0 spiro atoms. The molecule has 1 atom stereocenters. The van der Waals surface area contributed by atoms with E-state index >= 15 is 4.39 Å². The number of nitrogens with one attached hydrogen (secondary N) is 1. The number of halogens is 1. The third kappa shape index (κ3) is 4.82. The molecule has 4 aromatic heterocycles. The van der Waals surface area contributed by atoms with Crippen LogP contribution < -0.4 is 16.3 Å². The number of pyridine rings is 2. The molecular formula is C28H30FN9O4S. The highest BCUT2D eigenvalue weighted by Gasteiger charge is 2.33. The van der Waals surface area contributed by atoms with E-state index in [0.717, 1.165) is 30.1 Å². The van der Waals surface area contributed by atoms with Crippen molar-refractivity contribution >= 4 is 38.4 Å². The lowest BCUT2D eigenvalue weighted by molar-refractivity contribution is -0.126. The Kier molecular flexibility index (Phi) is 6.99. The largest absolute Gasteiger partial charge is 0.382 e. The predicted molar refractivity (Wildman–Crippen MR) is 158 cm³/mol. The van der Waals surface area contributed by atoms with Crippen LogP contribution in [0.15, 0.2) is 47.0 Å². The van der Waals surface area contributed by atoms with Crippen LogP contribution in [0.2, 0.25) is 0 Å². The number of anilines is 2. The zero-order valence-corrected chi connectivity index (χ0v) is 24.4. The summed E-state index contributed by atoms with van der Waals surface area (Å²) in [6, 6.07) is 2.25. The Balaban J connectivity index is 1.66. The molecule has 0 bridgehead atoms. The van der Waals surface area contributed by atoms with Gasteiger partial charge >= 0.3 is 5.69 Å². The Morgan fingerprint density at radius 2 is 2.00 bits per heavy atom. The van der Waals surface area contributed by atoms with E-state index in [1.54, 1.807) is 4.90 Å². The normalized spacial score (nSPS) is 17.7. The number of fused-ring (bicyclic) bond motifs is 1. The summed E-state index contributed by atoms with van der Waals surface area (Å²) >= 11 is 0. The number of hydrogen-bond acceptors (Lipinski definition) is 10. The summed E-state index contributed by atoms with van der Waals surface area (Å²) in [6.07, 6.45) is 7.49. The van der Waals surface area contributed by atoms with Gasteiger partial charge in [-0.05, 0) is 38.0 Å². The van der Waals surface area contributed by atoms with Crippen molar-refractivity contribution in [2.24, 2.45) is 0 Å². The van der Waals surface area contributed by atoms with Crippen LogP contribution in [0.4, 0.5) is 16.0 Å². The van der Waals surface area contributed by atoms with E-state index in [0.29, 0.717) is 25.3 Å². The van der Waals surface area contributed by atoms with E-state index in [4.69, 9.17) is 5.73 Å². The predicted octanol–water partition coefficient (Wildman–Crippen LogP) is 2.18. The fourth-order valence-corrected chi connectivity index (χ4v) is 6.61. The number of nitrogen functional groups attached to an aromatic ring is 1. The monoisotopic (exact) mass is 607 g/mol. The van der Waals surface area contributed by atoms with E-state index in [1.165, 1.54) is 30.7 Å². The van der Waals surface area contributed by atoms with E-state index < -0.39 is 21.3 Å². The molecule has 1 amide bonds. The van der Waals surface area contributed by atoms with Gasteiger partial charge in [-0.2, -0.15) is 4.98 Å². The van der Waals surface area contributed by atoms with Gasteiger partial charge in [0, 0.05) is 44.0 Å². The number of hydrogen-bond donors (Lipinski definition) is 2. The summed E-state index contributed by atoms with van der Waals surface area (Å²) in [7, 11) is -3.85. The Hall–Kier alpha value is -4.66. The third-order valence-electron chi connectivity index (χ3n) is 8.12. The minimum absolute atomic E-state index is 0.00100. The average molecular weight is 608 g/mol. The highest BCUT2D eigenvalue weighted by atomic mass is 32.2. The van der Waals surface area contributed by atoms with Gasteiger partial charge in [0.25, 0.3) is 0 Å². The van der Waals surface area contributed by atoms with Gasteiger partial charge in [0.15, 0.2) is 27.1 Å². The summed E-state index contributed by atoms with van der Waals surface area (Å²) in [4.78, 5) is 49.9. The van der Waals surface area contributed by atoms with Gasteiger partial charge in [-0.25, -0.2) is 32.1 Å². The second kappa shape index (κ2) is 10.6. The molecule has 0 unspecified atom stereocenters. The quantitative estimate of drug-likeness (QED) is 0.309. The van der Waals surface area contributed by atoms with E-state index in [-0.39, 0.29) is 62.5 Å². The first-order chi connectivity index (χ1) is 20.5. The smallest absolute Gasteiger partial charge is 0.355 e. The van der Waals surface area contributed by atoms with Crippen LogP contribution in [0.3, 0.4) is 0 Å². The zero-order chi connectivity index (χ0) is 30.6. The summed E-state index contributed by atoms with van der Waals surface area (Å²) in [5, 5.41) is 0.178. The van der Waals surface area contributed by atoms with Crippen LogP contribution in [0.5, 0.6) is 0 Å². The first-order valence-electron chi connectivity index (χ1n) is 13.8. The highest BCUT2D eigenvalue weighted by molar-refractivity contribution is 7.90. The number of aromatic nitrogens is 6. The summed E-state index contributed by atoms with van der Waals surface area (Å²) in [5.41, 5.74) is 5.56. The molecule has 1 aliphatic carbocycles. The van der Waals surface area contributed by atoms with Crippen molar-refractivity contribution in [2.45, 2.75) is 43.0 Å². The molecular weight excluding hydrogens is 577 g/mol.